The molecule has 1 saturated carbocycles. The summed E-state index contributed by atoms with van der Waals surface area (Å²) in [5.74, 6) is 0.370. The van der Waals surface area contributed by atoms with Crippen molar-refractivity contribution in [3.63, 3.8) is 0 Å². The second kappa shape index (κ2) is 4.38. The van der Waals surface area contributed by atoms with Crippen LogP contribution in [0.1, 0.15) is 31.2 Å². The zero-order chi connectivity index (χ0) is 11.6. The minimum absolute atomic E-state index is 0.370. The topological polar surface area (TPSA) is 20.3 Å². The Morgan fingerprint density at radius 1 is 1.12 bits per heavy atom. The molecule has 1 atom stereocenters. The van der Waals surface area contributed by atoms with Crippen LogP contribution in [0.5, 0.6) is 0 Å². The molecule has 86 valence electrons. The van der Waals surface area contributed by atoms with Crippen LogP contribution in [0.15, 0.2) is 30.3 Å². The third-order valence-electron chi connectivity index (χ3n) is 3.67. The lowest BCUT2D eigenvalue weighted by atomic mass is 9.74. The standard InChI is InChI=1S/C14H19NO/c1-15(2)14(11-7-6-10-13(14)16)12-8-4-3-5-9-12/h3-5,8-9H,6-7,10-11H2,1-2H3/t14-/m1/s1. The normalized spacial score (nSPS) is 26.1. The van der Waals surface area contributed by atoms with E-state index in [1.165, 1.54) is 0 Å². The predicted octanol–water partition coefficient (Wildman–Crippen LogP) is 2.59. The van der Waals surface area contributed by atoms with Gasteiger partial charge in [-0.2, -0.15) is 0 Å². The first-order valence-corrected chi connectivity index (χ1v) is 5.94. The van der Waals surface area contributed by atoms with Gasteiger partial charge in [0.05, 0.1) is 0 Å². The number of ketones is 1. The van der Waals surface area contributed by atoms with Crippen molar-refractivity contribution in [1.29, 1.82) is 0 Å². The van der Waals surface area contributed by atoms with Gasteiger partial charge in [-0.25, -0.2) is 0 Å². The number of carbonyl (C=O) groups is 1. The van der Waals surface area contributed by atoms with E-state index >= 15 is 0 Å². The highest BCUT2D eigenvalue weighted by atomic mass is 16.1. The summed E-state index contributed by atoms with van der Waals surface area (Å²) in [5.41, 5.74) is 0.768. The van der Waals surface area contributed by atoms with Crippen LogP contribution in [0.4, 0.5) is 0 Å². The van der Waals surface area contributed by atoms with E-state index in [0.717, 1.165) is 24.8 Å². The number of nitrogens with zero attached hydrogens (tertiary/aromatic N) is 1. The van der Waals surface area contributed by atoms with Crippen molar-refractivity contribution in [2.45, 2.75) is 31.2 Å². The van der Waals surface area contributed by atoms with E-state index in [4.69, 9.17) is 0 Å². The number of Topliss-reactive ketones (excluding diaryl/α,β-unsaturated/α-hetero) is 1. The van der Waals surface area contributed by atoms with Crippen LogP contribution in [0.2, 0.25) is 0 Å². The third-order valence-corrected chi connectivity index (χ3v) is 3.67. The molecule has 1 aliphatic rings. The largest absolute Gasteiger partial charge is 0.297 e. The maximum absolute atomic E-state index is 12.3. The zero-order valence-electron chi connectivity index (χ0n) is 10.1. The minimum atomic E-state index is -0.375. The Hall–Kier alpha value is -1.15. The van der Waals surface area contributed by atoms with Gasteiger partial charge in [-0.15, -0.1) is 0 Å². The summed E-state index contributed by atoms with van der Waals surface area (Å²) in [6, 6.07) is 10.2. The lowest BCUT2D eigenvalue weighted by Crippen LogP contribution is -2.50. The number of likely N-dealkylation sites (N-methyl/N-ethyl adjacent to an activating group) is 1. The minimum Gasteiger partial charge on any atom is -0.297 e. The highest BCUT2D eigenvalue weighted by Gasteiger charge is 2.42. The Morgan fingerprint density at radius 3 is 2.38 bits per heavy atom. The monoisotopic (exact) mass is 217 g/mol. The molecule has 1 aliphatic carbocycles. The summed E-state index contributed by atoms with van der Waals surface area (Å²) >= 11 is 0. The van der Waals surface area contributed by atoms with Crippen molar-refractivity contribution in [3.8, 4) is 0 Å². The summed E-state index contributed by atoms with van der Waals surface area (Å²) < 4.78 is 0. The van der Waals surface area contributed by atoms with Gasteiger partial charge in [0.15, 0.2) is 5.78 Å². The quantitative estimate of drug-likeness (QED) is 0.759. The highest BCUT2D eigenvalue weighted by Crippen LogP contribution is 2.38. The van der Waals surface area contributed by atoms with Gasteiger partial charge in [0.1, 0.15) is 5.54 Å². The molecule has 0 aromatic heterocycles. The Balaban J connectivity index is 2.47. The number of benzene rings is 1. The van der Waals surface area contributed by atoms with E-state index in [1.54, 1.807) is 0 Å². The fraction of sp³-hybridized carbons (Fsp3) is 0.500. The molecule has 1 aromatic rings. The average molecular weight is 217 g/mol. The van der Waals surface area contributed by atoms with Gasteiger partial charge in [-0.1, -0.05) is 36.8 Å². The van der Waals surface area contributed by atoms with Crippen LogP contribution in [-0.2, 0) is 10.3 Å². The molecule has 1 fully saturated rings. The first-order chi connectivity index (χ1) is 7.68. The van der Waals surface area contributed by atoms with Gasteiger partial charge in [0.2, 0.25) is 0 Å². The van der Waals surface area contributed by atoms with Crippen molar-refractivity contribution < 1.29 is 4.79 Å². The molecule has 0 radical (unpaired) electrons. The number of hydrogen-bond acceptors (Lipinski definition) is 2. The number of carbonyl (C=O) groups excluding carboxylic acids is 1. The fourth-order valence-corrected chi connectivity index (χ4v) is 2.76. The van der Waals surface area contributed by atoms with Gasteiger partial charge < -0.3 is 0 Å². The second-order valence-corrected chi connectivity index (χ2v) is 4.75. The van der Waals surface area contributed by atoms with Crippen LogP contribution < -0.4 is 0 Å². The average Bonchev–Trinajstić information content (AvgIpc) is 2.30. The van der Waals surface area contributed by atoms with Crippen LogP contribution in [-0.4, -0.2) is 24.8 Å². The summed E-state index contributed by atoms with van der Waals surface area (Å²) in [5, 5.41) is 0. The highest BCUT2D eigenvalue weighted by molar-refractivity contribution is 5.90. The molecule has 0 unspecified atom stereocenters. The summed E-state index contributed by atoms with van der Waals surface area (Å²) in [7, 11) is 4.02. The zero-order valence-corrected chi connectivity index (χ0v) is 10.1. The fourth-order valence-electron chi connectivity index (χ4n) is 2.76. The molecule has 0 spiro atoms. The number of rotatable bonds is 2. The van der Waals surface area contributed by atoms with Crippen molar-refractivity contribution in [1.82, 2.24) is 4.90 Å². The first kappa shape index (κ1) is 11.3. The van der Waals surface area contributed by atoms with Gasteiger partial charge in [0, 0.05) is 6.42 Å². The van der Waals surface area contributed by atoms with Crippen molar-refractivity contribution in [2.24, 2.45) is 0 Å². The molecule has 2 rings (SSSR count). The van der Waals surface area contributed by atoms with Crippen LogP contribution in [0.25, 0.3) is 0 Å². The second-order valence-electron chi connectivity index (χ2n) is 4.75. The molecule has 2 heteroatoms. The SMILES string of the molecule is CN(C)[C@@]1(c2ccccc2)CCCCC1=O. The van der Waals surface area contributed by atoms with Crippen molar-refractivity contribution in [3.05, 3.63) is 35.9 Å². The maximum Gasteiger partial charge on any atom is 0.157 e. The third kappa shape index (κ3) is 1.67. The van der Waals surface area contributed by atoms with E-state index in [1.807, 2.05) is 32.3 Å². The predicted molar refractivity (Wildman–Crippen MR) is 65.3 cm³/mol. The maximum atomic E-state index is 12.3. The molecule has 2 nitrogen and oxygen atoms in total. The Kier molecular flexibility index (Phi) is 3.10. The van der Waals surface area contributed by atoms with E-state index in [9.17, 15) is 4.79 Å². The molecule has 0 N–H and O–H groups in total. The van der Waals surface area contributed by atoms with Gasteiger partial charge in [-0.3, -0.25) is 9.69 Å². The Labute approximate surface area is 97.3 Å². The smallest absolute Gasteiger partial charge is 0.157 e. The van der Waals surface area contributed by atoms with Crippen LogP contribution >= 0.6 is 0 Å². The van der Waals surface area contributed by atoms with Gasteiger partial charge >= 0.3 is 0 Å². The molecular formula is C14H19NO. The molecule has 0 saturated heterocycles. The summed E-state index contributed by atoms with van der Waals surface area (Å²) in [4.78, 5) is 14.4. The number of hydrogen-bond donors (Lipinski definition) is 0. The molecule has 0 heterocycles. The van der Waals surface area contributed by atoms with Crippen LogP contribution in [0, 0.1) is 0 Å². The summed E-state index contributed by atoms with van der Waals surface area (Å²) in [6.07, 6.45) is 3.84. The molecule has 0 aliphatic heterocycles. The molecule has 1 aromatic carbocycles. The Morgan fingerprint density at radius 2 is 1.81 bits per heavy atom. The molecule has 0 amide bonds. The van der Waals surface area contributed by atoms with E-state index < -0.39 is 0 Å². The molecule has 16 heavy (non-hydrogen) atoms. The van der Waals surface area contributed by atoms with E-state index in [2.05, 4.69) is 17.0 Å². The molecular weight excluding hydrogens is 198 g/mol. The van der Waals surface area contributed by atoms with Crippen molar-refractivity contribution in [2.75, 3.05) is 14.1 Å². The van der Waals surface area contributed by atoms with Crippen LogP contribution in [0.3, 0.4) is 0 Å². The van der Waals surface area contributed by atoms with Crippen molar-refractivity contribution >= 4 is 5.78 Å². The lowest BCUT2D eigenvalue weighted by molar-refractivity contribution is -0.133. The van der Waals surface area contributed by atoms with E-state index in [-0.39, 0.29) is 5.54 Å². The lowest BCUT2D eigenvalue weighted by Gasteiger charge is -2.41. The Bertz CT molecular complexity index is 372. The van der Waals surface area contributed by atoms with Gasteiger partial charge in [0.25, 0.3) is 0 Å². The molecule has 0 bridgehead atoms. The first-order valence-electron chi connectivity index (χ1n) is 5.94. The van der Waals surface area contributed by atoms with E-state index in [0.29, 0.717) is 12.2 Å². The summed E-state index contributed by atoms with van der Waals surface area (Å²) in [6.45, 7) is 0. The van der Waals surface area contributed by atoms with Gasteiger partial charge in [-0.05, 0) is 32.5 Å².